The van der Waals surface area contributed by atoms with Gasteiger partial charge < -0.3 is 10.1 Å². The molecule has 3 aromatic rings. The topological polar surface area (TPSA) is 64.1 Å². The fraction of sp³-hybridized carbons (Fsp3) is 0.105. The van der Waals surface area contributed by atoms with Crippen molar-refractivity contribution < 1.29 is 13.9 Å². The molecule has 2 aromatic carbocycles. The Morgan fingerprint density at radius 3 is 2.60 bits per heavy atom. The Kier molecular flexibility index (Phi) is 4.70. The van der Waals surface area contributed by atoms with Gasteiger partial charge in [0.05, 0.1) is 18.4 Å². The Morgan fingerprint density at radius 2 is 1.88 bits per heavy atom. The minimum atomic E-state index is -0.413. The summed E-state index contributed by atoms with van der Waals surface area (Å²) in [7, 11) is 1.34. The highest BCUT2D eigenvalue weighted by Crippen LogP contribution is 2.23. The van der Waals surface area contributed by atoms with Crippen molar-refractivity contribution in [3.63, 3.8) is 0 Å². The molecule has 0 fully saturated rings. The van der Waals surface area contributed by atoms with Crippen molar-refractivity contribution in [2.45, 2.75) is 6.92 Å². The molecule has 0 amide bonds. The molecule has 1 N–H and O–H groups in total. The summed E-state index contributed by atoms with van der Waals surface area (Å²) in [6.07, 6.45) is 1.62. The smallest absolute Gasteiger partial charge is 0.337 e. The summed E-state index contributed by atoms with van der Waals surface area (Å²) in [6.45, 7) is 1.91. The van der Waals surface area contributed by atoms with Gasteiger partial charge in [0, 0.05) is 17.4 Å². The van der Waals surface area contributed by atoms with Crippen molar-refractivity contribution in [3.05, 3.63) is 71.7 Å². The number of methoxy groups -OCH3 is 1. The van der Waals surface area contributed by atoms with Crippen LogP contribution in [0.5, 0.6) is 0 Å². The van der Waals surface area contributed by atoms with Gasteiger partial charge in [-0.2, -0.15) is 0 Å². The van der Waals surface area contributed by atoms with Crippen LogP contribution in [-0.2, 0) is 4.74 Å². The predicted molar refractivity (Wildman–Crippen MR) is 93.2 cm³/mol. The zero-order valence-corrected chi connectivity index (χ0v) is 13.8. The van der Waals surface area contributed by atoms with Crippen molar-refractivity contribution >= 4 is 17.6 Å². The lowest BCUT2D eigenvalue weighted by Crippen LogP contribution is -2.04. The number of esters is 1. The third-order valence-electron chi connectivity index (χ3n) is 3.70. The highest BCUT2D eigenvalue weighted by Gasteiger charge is 2.10. The number of hydrogen-bond acceptors (Lipinski definition) is 5. The van der Waals surface area contributed by atoms with Crippen LogP contribution in [0.1, 0.15) is 15.9 Å². The van der Waals surface area contributed by atoms with Gasteiger partial charge in [-0.3, -0.25) is 0 Å². The molecule has 0 spiro atoms. The highest BCUT2D eigenvalue weighted by molar-refractivity contribution is 5.91. The molecule has 6 heteroatoms. The molecule has 0 saturated heterocycles. The number of ether oxygens (including phenoxy) is 1. The van der Waals surface area contributed by atoms with E-state index in [-0.39, 0.29) is 5.82 Å². The molecule has 0 aliphatic rings. The Morgan fingerprint density at radius 1 is 1.12 bits per heavy atom. The van der Waals surface area contributed by atoms with Gasteiger partial charge in [0.1, 0.15) is 5.82 Å². The normalized spacial score (nSPS) is 10.4. The number of nitrogens with zero attached hydrogens (tertiary/aromatic N) is 2. The van der Waals surface area contributed by atoms with Crippen molar-refractivity contribution in [2.75, 3.05) is 12.4 Å². The van der Waals surface area contributed by atoms with E-state index in [4.69, 9.17) is 4.74 Å². The first-order valence-electron chi connectivity index (χ1n) is 7.62. The second-order valence-corrected chi connectivity index (χ2v) is 5.42. The van der Waals surface area contributed by atoms with E-state index >= 15 is 0 Å². The van der Waals surface area contributed by atoms with Gasteiger partial charge >= 0.3 is 5.97 Å². The quantitative estimate of drug-likeness (QED) is 0.726. The molecule has 0 unspecified atom stereocenters. The van der Waals surface area contributed by atoms with Crippen LogP contribution in [0.25, 0.3) is 11.3 Å². The molecule has 0 radical (unpaired) electrons. The number of nitrogens with one attached hydrogen (secondary N) is 1. The lowest BCUT2D eigenvalue weighted by molar-refractivity contribution is 0.0601. The summed E-state index contributed by atoms with van der Waals surface area (Å²) in [5, 5.41) is 3.11. The van der Waals surface area contributed by atoms with Crippen LogP contribution in [0.4, 0.5) is 16.0 Å². The van der Waals surface area contributed by atoms with E-state index in [1.54, 1.807) is 36.5 Å². The van der Waals surface area contributed by atoms with Crippen LogP contribution in [-0.4, -0.2) is 23.0 Å². The first kappa shape index (κ1) is 16.6. The number of carbonyl (C=O) groups is 1. The molecule has 0 atom stereocenters. The lowest BCUT2D eigenvalue weighted by Gasteiger charge is -2.10. The molecule has 0 aliphatic carbocycles. The largest absolute Gasteiger partial charge is 0.465 e. The average molecular weight is 337 g/mol. The number of benzene rings is 2. The SMILES string of the molecule is COC(=O)c1ccc(C)c(Nc2nccc(-c3ccc(F)cc3)n2)c1. The van der Waals surface area contributed by atoms with Crippen LogP contribution in [0.3, 0.4) is 0 Å². The zero-order chi connectivity index (χ0) is 17.8. The molecule has 126 valence electrons. The fourth-order valence-electron chi connectivity index (χ4n) is 2.32. The molecule has 5 nitrogen and oxygen atoms in total. The van der Waals surface area contributed by atoms with Gasteiger partial charge in [-0.15, -0.1) is 0 Å². The number of hydrogen-bond donors (Lipinski definition) is 1. The van der Waals surface area contributed by atoms with E-state index in [1.807, 2.05) is 13.0 Å². The maximum absolute atomic E-state index is 13.1. The Balaban J connectivity index is 1.90. The standard InChI is InChI=1S/C19H16FN3O2/c1-12-3-4-14(18(24)25-2)11-17(12)23-19-21-10-9-16(22-19)13-5-7-15(20)8-6-13/h3-11H,1-2H3,(H,21,22,23). The molecule has 0 saturated carbocycles. The second-order valence-electron chi connectivity index (χ2n) is 5.42. The summed E-state index contributed by atoms with van der Waals surface area (Å²) in [5.74, 6) is -0.331. The van der Waals surface area contributed by atoms with Crippen LogP contribution in [0.15, 0.2) is 54.7 Å². The number of anilines is 2. The Hall–Kier alpha value is -3.28. The zero-order valence-electron chi connectivity index (χ0n) is 13.8. The number of aromatic nitrogens is 2. The van der Waals surface area contributed by atoms with Crippen molar-refractivity contribution in [3.8, 4) is 11.3 Å². The van der Waals surface area contributed by atoms with E-state index in [1.165, 1.54) is 19.2 Å². The van der Waals surface area contributed by atoms with Gasteiger partial charge in [-0.25, -0.2) is 19.2 Å². The minimum Gasteiger partial charge on any atom is -0.465 e. The van der Waals surface area contributed by atoms with E-state index in [9.17, 15) is 9.18 Å². The summed E-state index contributed by atoms with van der Waals surface area (Å²) in [5.41, 5.74) is 3.53. The van der Waals surface area contributed by atoms with Crippen molar-refractivity contribution in [1.29, 1.82) is 0 Å². The van der Waals surface area contributed by atoms with Crippen LogP contribution >= 0.6 is 0 Å². The average Bonchev–Trinajstić information content (AvgIpc) is 2.64. The highest BCUT2D eigenvalue weighted by atomic mass is 19.1. The summed E-state index contributed by atoms with van der Waals surface area (Å²) in [4.78, 5) is 20.3. The third-order valence-corrected chi connectivity index (χ3v) is 3.70. The molecule has 1 aromatic heterocycles. The Labute approximate surface area is 144 Å². The van der Waals surface area contributed by atoms with E-state index in [0.29, 0.717) is 22.9 Å². The first-order chi connectivity index (χ1) is 12.1. The Bertz CT molecular complexity index is 911. The van der Waals surface area contributed by atoms with Crippen LogP contribution < -0.4 is 5.32 Å². The van der Waals surface area contributed by atoms with Gasteiger partial charge in [0.15, 0.2) is 0 Å². The number of rotatable bonds is 4. The number of halogens is 1. The summed E-state index contributed by atoms with van der Waals surface area (Å²) < 4.78 is 17.8. The summed E-state index contributed by atoms with van der Waals surface area (Å²) >= 11 is 0. The van der Waals surface area contributed by atoms with Crippen molar-refractivity contribution in [2.24, 2.45) is 0 Å². The van der Waals surface area contributed by atoms with E-state index in [2.05, 4.69) is 15.3 Å². The molecule has 1 heterocycles. The van der Waals surface area contributed by atoms with E-state index < -0.39 is 5.97 Å². The lowest BCUT2D eigenvalue weighted by atomic mass is 10.1. The first-order valence-corrected chi connectivity index (χ1v) is 7.62. The molecular weight excluding hydrogens is 321 g/mol. The number of carbonyl (C=O) groups excluding carboxylic acids is 1. The minimum absolute atomic E-state index is 0.300. The van der Waals surface area contributed by atoms with Gasteiger partial charge in [-0.1, -0.05) is 6.07 Å². The number of aryl methyl sites for hydroxylation is 1. The molecular formula is C19H16FN3O2. The maximum atomic E-state index is 13.1. The summed E-state index contributed by atoms with van der Waals surface area (Å²) in [6, 6.07) is 13.0. The van der Waals surface area contributed by atoms with Crippen molar-refractivity contribution in [1.82, 2.24) is 9.97 Å². The fourth-order valence-corrected chi connectivity index (χ4v) is 2.32. The predicted octanol–water partition coefficient (Wildman–Crippen LogP) is 4.12. The van der Waals surface area contributed by atoms with Crippen LogP contribution in [0, 0.1) is 12.7 Å². The second kappa shape index (κ2) is 7.09. The molecule has 0 aliphatic heterocycles. The monoisotopic (exact) mass is 337 g/mol. The van der Waals surface area contributed by atoms with Gasteiger partial charge in [0.2, 0.25) is 5.95 Å². The van der Waals surface area contributed by atoms with Gasteiger partial charge in [0.25, 0.3) is 0 Å². The third kappa shape index (κ3) is 3.80. The van der Waals surface area contributed by atoms with Gasteiger partial charge in [-0.05, 0) is 55.0 Å². The molecule has 0 bridgehead atoms. The molecule has 25 heavy (non-hydrogen) atoms. The maximum Gasteiger partial charge on any atom is 0.337 e. The molecule has 3 rings (SSSR count). The van der Waals surface area contributed by atoms with Crippen LogP contribution in [0.2, 0.25) is 0 Å². The van der Waals surface area contributed by atoms with E-state index in [0.717, 1.165) is 11.1 Å².